The van der Waals surface area contributed by atoms with Crippen LogP contribution < -0.4 is 4.74 Å². The Hall–Kier alpha value is -1.83. The quantitative estimate of drug-likeness (QED) is 0.717. The Kier molecular flexibility index (Phi) is 2.65. The number of aryl methyl sites for hydroxylation is 2. The highest BCUT2D eigenvalue weighted by Crippen LogP contribution is 2.30. The highest BCUT2D eigenvalue weighted by Gasteiger charge is 2.07. The summed E-state index contributed by atoms with van der Waals surface area (Å²) in [6.45, 7) is 4.10. The van der Waals surface area contributed by atoms with Gasteiger partial charge in [0.15, 0.2) is 0 Å². The third kappa shape index (κ3) is 1.67. The van der Waals surface area contributed by atoms with E-state index in [0.29, 0.717) is 5.56 Å². The molecule has 16 heavy (non-hydrogen) atoms. The average Bonchev–Trinajstić information content (AvgIpc) is 2.28. The Balaban J connectivity index is 2.89. The van der Waals surface area contributed by atoms with E-state index in [1.165, 1.54) is 5.56 Å². The van der Waals surface area contributed by atoms with Crippen molar-refractivity contribution in [1.29, 1.82) is 0 Å². The van der Waals surface area contributed by atoms with E-state index in [1.54, 1.807) is 13.2 Å². The van der Waals surface area contributed by atoms with Gasteiger partial charge >= 0.3 is 0 Å². The fourth-order valence-electron chi connectivity index (χ4n) is 2.05. The van der Waals surface area contributed by atoms with Crippen LogP contribution in [0.5, 0.6) is 5.75 Å². The van der Waals surface area contributed by atoms with Crippen molar-refractivity contribution in [3.8, 4) is 5.75 Å². The van der Waals surface area contributed by atoms with E-state index < -0.39 is 0 Å². The SMILES string of the molecule is COc1cc(C=O)cc2c(C)cc(C)cc12. The molecule has 0 saturated carbocycles. The number of ether oxygens (including phenoxy) is 1. The number of benzene rings is 2. The molecular formula is C14H14O2. The molecule has 2 rings (SSSR count). The number of rotatable bonds is 2. The number of hydrogen-bond donors (Lipinski definition) is 0. The van der Waals surface area contributed by atoms with Crippen molar-refractivity contribution in [3.05, 3.63) is 41.0 Å². The molecule has 0 aliphatic rings. The maximum atomic E-state index is 10.8. The largest absolute Gasteiger partial charge is 0.496 e. The minimum atomic E-state index is 0.649. The van der Waals surface area contributed by atoms with E-state index >= 15 is 0 Å². The second kappa shape index (κ2) is 3.97. The van der Waals surface area contributed by atoms with Crippen molar-refractivity contribution >= 4 is 17.1 Å². The monoisotopic (exact) mass is 214 g/mol. The van der Waals surface area contributed by atoms with Crippen LogP contribution >= 0.6 is 0 Å². The summed E-state index contributed by atoms with van der Waals surface area (Å²) in [4.78, 5) is 10.8. The van der Waals surface area contributed by atoms with Gasteiger partial charge < -0.3 is 4.74 Å². The molecule has 0 radical (unpaired) electrons. The van der Waals surface area contributed by atoms with Crippen molar-refractivity contribution in [2.45, 2.75) is 13.8 Å². The predicted molar refractivity (Wildman–Crippen MR) is 65.4 cm³/mol. The molecule has 2 heteroatoms. The van der Waals surface area contributed by atoms with Gasteiger partial charge in [0.2, 0.25) is 0 Å². The number of aldehydes is 1. The standard InChI is InChI=1S/C14H14O2/c1-9-4-10(2)12-6-11(8-15)7-14(16-3)13(12)5-9/h4-8H,1-3H3. The lowest BCUT2D eigenvalue weighted by molar-refractivity contribution is 0.112. The molecule has 0 aliphatic heterocycles. The number of fused-ring (bicyclic) bond motifs is 1. The van der Waals surface area contributed by atoms with Crippen LogP contribution in [0, 0.1) is 13.8 Å². The van der Waals surface area contributed by atoms with Gasteiger partial charge in [-0.3, -0.25) is 4.79 Å². The molecule has 0 heterocycles. The molecule has 2 aromatic carbocycles. The second-order valence-electron chi connectivity index (χ2n) is 4.02. The van der Waals surface area contributed by atoms with Crippen molar-refractivity contribution in [2.75, 3.05) is 7.11 Å². The van der Waals surface area contributed by atoms with Crippen molar-refractivity contribution in [1.82, 2.24) is 0 Å². The van der Waals surface area contributed by atoms with Crippen LogP contribution in [-0.4, -0.2) is 13.4 Å². The molecule has 0 aliphatic carbocycles. The average molecular weight is 214 g/mol. The van der Waals surface area contributed by atoms with Gasteiger partial charge in [-0.25, -0.2) is 0 Å². The maximum Gasteiger partial charge on any atom is 0.150 e. The summed E-state index contributed by atoms with van der Waals surface area (Å²) in [6, 6.07) is 7.86. The molecule has 0 unspecified atom stereocenters. The van der Waals surface area contributed by atoms with Gasteiger partial charge in [-0.05, 0) is 43.0 Å². The van der Waals surface area contributed by atoms with Crippen molar-refractivity contribution in [3.63, 3.8) is 0 Å². The fourth-order valence-corrected chi connectivity index (χ4v) is 2.05. The van der Waals surface area contributed by atoms with E-state index in [1.807, 2.05) is 13.0 Å². The Bertz CT molecular complexity index is 556. The summed E-state index contributed by atoms with van der Waals surface area (Å²) in [5, 5.41) is 2.14. The summed E-state index contributed by atoms with van der Waals surface area (Å²) in [5.41, 5.74) is 3.01. The molecular weight excluding hydrogens is 200 g/mol. The van der Waals surface area contributed by atoms with Crippen LogP contribution in [-0.2, 0) is 0 Å². The normalized spacial score (nSPS) is 10.4. The van der Waals surface area contributed by atoms with Gasteiger partial charge in [-0.1, -0.05) is 11.6 Å². The molecule has 0 atom stereocenters. The van der Waals surface area contributed by atoms with E-state index in [0.717, 1.165) is 28.4 Å². The maximum absolute atomic E-state index is 10.8. The molecule has 0 amide bonds. The smallest absolute Gasteiger partial charge is 0.150 e. The highest BCUT2D eigenvalue weighted by molar-refractivity contribution is 5.96. The molecule has 2 aromatic rings. The van der Waals surface area contributed by atoms with E-state index in [-0.39, 0.29) is 0 Å². The van der Waals surface area contributed by atoms with Crippen LogP contribution in [0.25, 0.3) is 10.8 Å². The number of carbonyl (C=O) groups excluding carboxylic acids is 1. The summed E-state index contributed by atoms with van der Waals surface area (Å²) >= 11 is 0. The first kappa shape index (κ1) is 10.7. The first-order chi connectivity index (χ1) is 7.65. The lowest BCUT2D eigenvalue weighted by Crippen LogP contribution is -1.91. The minimum Gasteiger partial charge on any atom is -0.496 e. The topological polar surface area (TPSA) is 26.3 Å². The third-order valence-corrected chi connectivity index (χ3v) is 2.76. The molecule has 0 aromatic heterocycles. The van der Waals surface area contributed by atoms with Crippen molar-refractivity contribution in [2.24, 2.45) is 0 Å². The van der Waals surface area contributed by atoms with E-state index in [2.05, 4.69) is 19.1 Å². The molecule has 0 saturated heterocycles. The number of methoxy groups -OCH3 is 1. The summed E-state index contributed by atoms with van der Waals surface area (Å²) in [7, 11) is 1.63. The molecule has 0 fully saturated rings. The molecule has 82 valence electrons. The van der Waals surface area contributed by atoms with Crippen LogP contribution in [0.15, 0.2) is 24.3 Å². The third-order valence-electron chi connectivity index (χ3n) is 2.76. The predicted octanol–water partition coefficient (Wildman–Crippen LogP) is 3.28. The van der Waals surface area contributed by atoms with Gasteiger partial charge in [-0.15, -0.1) is 0 Å². The van der Waals surface area contributed by atoms with E-state index in [4.69, 9.17) is 4.74 Å². The molecule has 2 nitrogen and oxygen atoms in total. The number of hydrogen-bond acceptors (Lipinski definition) is 2. The summed E-state index contributed by atoms with van der Waals surface area (Å²) in [6.07, 6.45) is 0.848. The van der Waals surface area contributed by atoms with Crippen LogP contribution in [0.2, 0.25) is 0 Å². The zero-order chi connectivity index (χ0) is 11.7. The second-order valence-corrected chi connectivity index (χ2v) is 4.02. The molecule has 0 bridgehead atoms. The lowest BCUT2D eigenvalue weighted by atomic mass is 9.99. The summed E-state index contributed by atoms with van der Waals surface area (Å²) in [5.74, 6) is 0.756. The zero-order valence-electron chi connectivity index (χ0n) is 9.70. The number of carbonyl (C=O) groups is 1. The Labute approximate surface area is 94.8 Å². The van der Waals surface area contributed by atoms with Gasteiger partial charge in [0, 0.05) is 10.9 Å². The van der Waals surface area contributed by atoms with Crippen LogP contribution in [0.1, 0.15) is 21.5 Å². The van der Waals surface area contributed by atoms with Crippen molar-refractivity contribution < 1.29 is 9.53 Å². The van der Waals surface area contributed by atoms with Gasteiger partial charge in [0.25, 0.3) is 0 Å². The zero-order valence-corrected chi connectivity index (χ0v) is 9.70. The Morgan fingerprint density at radius 2 is 1.81 bits per heavy atom. The lowest BCUT2D eigenvalue weighted by Gasteiger charge is -2.10. The van der Waals surface area contributed by atoms with Gasteiger partial charge in [0.1, 0.15) is 12.0 Å². The first-order valence-electron chi connectivity index (χ1n) is 5.20. The Morgan fingerprint density at radius 3 is 2.44 bits per heavy atom. The van der Waals surface area contributed by atoms with Crippen LogP contribution in [0.3, 0.4) is 0 Å². The molecule has 0 spiro atoms. The van der Waals surface area contributed by atoms with Gasteiger partial charge in [0.05, 0.1) is 7.11 Å². The van der Waals surface area contributed by atoms with Gasteiger partial charge in [-0.2, -0.15) is 0 Å². The first-order valence-corrected chi connectivity index (χ1v) is 5.20. The molecule has 0 N–H and O–H groups in total. The summed E-state index contributed by atoms with van der Waals surface area (Å²) < 4.78 is 5.32. The minimum absolute atomic E-state index is 0.649. The van der Waals surface area contributed by atoms with E-state index in [9.17, 15) is 4.79 Å². The Morgan fingerprint density at radius 1 is 1.06 bits per heavy atom. The van der Waals surface area contributed by atoms with Crippen LogP contribution in [0.4, 0.5) is 0 Å². The highest BCUT2D eigenvalue weighted by atomic mass is 16.5. The fraction of sp³-hybridized carbons (Fsp3) is 0.214.